The van der Waals surface area contributed by atoms with E-state index >= 15 is 0 Å². The van der Waals surface area contributed by atoms with Gasteiger partial charge in [0.15, 0.2) is 0 Å². The van der Waals surface area contributed by atoms with E-state index in [0.717, 1.165) is 5.56 Å². The quantitative estimate of drug-likeness (QED) is 0.736. The first-order chi connectivity index (χ1) is 12.0. The van der Waals surface area contributed by atoms with Gasteiger partial charge in [-0.1, -0.05) is 11.3 Å². The molecule has 0 aliphatic rings. The Hall–Kier alpha value is -2.80. The first-order valence-corrected chi connectivity index (χ1v) is 8.50. The molecule has 0 unspecified atom stereocenters. The molecule has 0 spiro atoms. The summed E-state index contributed by atoms with van der Waals surface area (Å²) in [5.41, 5.74) is 1.24. The SMILES string of the molecule is CC(C)Oc1ccc(C(=O)Nc2nnc(-c3ccc(F)cc3)s2)cc1. The van der Waals surface area contributed by atoms with Crippen LogP contribution in [0.4, 0.5) is 9.52 Å². The van der Waals surface area contributed by atoms with Crippen molar-refractivity contribution in [1.82, 2.24) is 10.2 Å². The van der Waals surface area contributed by atoms with E-state index in [1.807, 2.05) is 13.8 Å². The molecular formula is C18H16FN3O2S. The van der Waals surface area contributed by atoms with Crippen LogP contribution >= 0.6 is 11.3 Å². The molecule has 3 rings (SSSR count). The highest BCUT2D eigenvalue weighted by molar-refractivity contribution is 7.18. The van der Waals surface area contributed by atoms with Gasteiger partial charge in [-0.3, -0.25) is 10.1 Å². The van der Waals surface area contributed by atoms with Crippen LogP contribution in [-0.2, 0) is 0 Å². The predicted octanol–water partition coefficient (Wildman–Crippen LogP) is 4.38. The molecule has 0 fully saturated rings. The van der Waals surface area contributed by atoms with Crippen LogP contribution in [0.5, 0.6) is 5.75 Å². The number of benzene rings is 2. The second-order valence-electron chi connectivity index (χ2n) is 5.56. The minimum atomic E-state index is -0.313. The van der Waals surface area contributed by atoms with Gasteiger partial charge in [-0.25, -0.2) is 4.39 Å². The van der Waals surface area contributed by atoms with Crippen molar-refractivity contribution < 1.29 is 13.9 Å². The number of rotatable bonds is 5. The number of amides is 1. The lowest BCUT2D eigenvalue weighted by molar-refractivity contribution is 0.102. The Kier molecular flexibility index (Phi) is 5.04. The molecule has 1 N–H and O–H groups in total. The van der Waals surface area contributed by atoms with Gasteiger partial charge in [-0.2, -0.15) is 0 Å². The lowest BCUT2D eigenvalue weighted by atomic mass is 10.2. The second kappa shape index (κ2) is 7.40. The molecule has 0 atom stereocenters. The number of halogens is 1. The lowest BCUT2D eigenvalue weighted by Crippen LogP contribution is -2.12. The van der Waals surface area contributed by atoms with Crippen molar-refractivity contribution in [2.75, 3.05) is 5.32 Å². The summed E-state index contributed by atoms with van der Waals surface area (Å²) in [6, 6.07) is 12.8. The summed E-state index contributed by atoms with van der Waals surface area (Å²) in [7, 11) is 0. The highest BCUT2D eigenvalue weighted by Gasteiger charge is 2.12. The van der Waals surface area contributed by atoms with E-state index in [-0.39, 0.29) is 17.8 Å². The summed E-state index contributed by atoms with van der Waals surface area (Å²) < 4.78 is 18.5. The van der Waals surface area contributed by atoms with Crippen LogP contribution in [0.15, 0.2) is 48.5 Å². The van der Waals surface area contributed by atoms with Crippen LogP contribution < -0.4 is 10.1 Å². The number of ether oxygens (including phenoxy) is 1. The van der Waals surface area contributed by atoms with Crippen LogP contribution in [0.2, 0.25) is 0 Å². The van der Waals surface area contributed by atoms with Gasteiger partial charge in [0.1, 0.15) is 16.6 Å². The lowest BCUT2D eigenvalue weighted by Gasteiger charge is -2.09. The standard InChI is InChI=1S/C18H16FN3O2S/c1-11(2)24-15-9-5-12(6-10-15)16(23)20-18-22-21-17(25-18)13-3-7-14(19)8-4-13/h3-11H,1-2H3,(H,20,22,23). The molecule has 0 radical (unpaired) electrons. The fourth-order valence-corrected chi connectivity index (χ4v) is 2.85. The highest BCUT2D eigenvalue weighted by atomic mass is 32.1. The highest BCUT2D eigenvalue weighted by Crippen LogP contribution is 2.26. The number of carbonyl (C=O) groups is 1. The Bertz CT molecular complexity index is 861. The molecule has 3 aromatic rings. The maximum atomic E-state index is 13.0. The summed E-state index contributed by atoms with van der Waals surface area (Å²) in [5.74, 6) is 0.116. The molecule has 7 heteroatoms. The monoisotopic (exact) mass is 357 g/mol. The average Bonchev–Trinajstić information content (AvgIpc) is 3.04. The zero-order valence-corrected chi connectivity index (χ0v) is 14.5. The van der Waals surface area contributed by atoms with Gasteiger partial charge in [0.05, 0.1) is 6.10 Å². The first kappa shape index (κ1) is 17.0. The van der Waals surface area contributed by atoms with Gasteiger partial charge in [-0.05, 0) is 62.4 Å². The molecule has 1 amide bonds. The molecule has 25 heavy (non-hydrogen) atoms. The van der Waals surface area contributed by atoms with Crippen molar-refractivity contribution in [3.05, 3.63) is 59.9 Å². The molecule has 0 saturated carbocycles. The van der Waals surface area contributed by atoms with Crippen molar-refractivity contribution in [3.63, 3.8) is 0 Å². The third-order valence-corrected chi connectivity index (χ3v) is 4.11. The topological polar surface area (TPSA) is 64.1 Å². The number of anilines is 1. The molecule has 1 heterocycles. The van der Waals surface area contributed by atoms with E-state index in [9.17, 15) is 9.18 Å². The Labute approximate surface area is 148 Å². The normalized spacial score (nSPS) is 10.7. The Morgan fingerprint density at radius 3 is 2.40 bits per heavy atom. The third-order valence-electron chi connectivity index (χ3n) is 3.22. The smallest absolute Gasteiger partial charge is 0.257 e. The van der Waals surface area contributed by atoms with Gasteiger partial charge in [0.2, 0.25) is 5.13 Å². The fraction of sp³-hybridized carbons (Fsp3) is 0.167. The van der Waals surface area contributed by atoms with Crippen molar-refractivity contribution in [2.45, 2.75) is 20.0 Å². The van der Waals surface area contributed by atoms with E-state index in [0.29, 0.717) is 21.5 Å². The Morgan fingerprint density at radius 1 is 1.08 bits per heavy atom. The fourth-order valence-electron chi connectivity index (χ4n) is 2.11. The van der Waals surface area contributed by atoms with E-state index < -0.39 is 0 Å². The largest absolute Gasteiger partial charge is 0.491 e. The van der Waals surface area contributed by atoms with Crippen LogP contribution in [0.25, 0.3) is 10.6 Å². The van der Waals surface area contributed by atoms with Gasteiger partial charge in [0, 0.05) is 11.1 Å². The Morgan fingerprint density at radius 2 is 1.76 bits per heavy atom. The zero-order valence-electron chi connectivity index (χ0n) is 13.7. The van der Waals surface area contributed by atoms with Gasteiger partial charge < -0.3 is 4.74 Å². The van der Waals surface area contributed by atoms with E-state index in [4.69, 9.17) is 4.74 Å². The molecule has 0 aliphatic carbocycles. The maximum Gasteiger partial charge on any atom is 0.257 e. The zero-order chi connectivity index (χ0) is 17.8. The molecule has 2 aromatic carbocycles. The van der Waals surface area contributed by atoms with E-state index in [1.165, 1.54) is 23.5 Å². The molecule has 128 valence electrons. The molecule has 1 aromatic heterocycles. The Balaban J connectivity index is 1.68. The van der Waals surface area contributed by atoms with Crippen LogP contribution in [-0.4, -0.2) is 22.2 Å². The maximum absolute atomic E-state index is 13.0. The van der Waals surface area contributed by atoms with Crippen LogP contribution in [0, 0.1) is 5.82 Å². The molecule has 0 bridgehead atoms. The van der Waals surface area contributed by atoms with Crippen molar-refractivity contribution in [2.24, 2.45) is 0 Å². The summed E-state index contributed by atoms with van der Waals surface area (Å²) in [4.78, 5) is 12.3. The number of carbonyl (C=O) groups excluding carboxylic acids is 1. The minimum Gasteiger partial charge on any atom is -0.491 e. The van der Waals surface area contributed by atoms with E-state index in [2.05, 4.69) is 15.5 Å². The second-order valence-corrected chi connectivity index (χ2v) is 6.54. The first-order valence-electron chi connectivity index (χ1n) is 7.69. The van der Waals surface area contributed by atoms with Gasteiger partial charge >= 0.3 is 0 Å². The minimum absolute atomic E-state index is 0.0750. The summed E-state index contributed by atoms with van der Waals surface area (Å²) in [5, 5.41) is 11.7. The van der Waals surface area contributed by atoms with Gasteiger partial charge in [0.25, 0.3) is 5.91 Å². The van der Waals surface area contributed by atoms with Crippen LogP contribution in [0.3, 0.4) is 0 Å². The number of hydrogen-bond acceptors (Lipinski definition) is 5. The van der Waals surface area contributed by atoms with Gasteiger partial charge in [-0.15, -0.1) is 10.2 Å². The summed E-state index contributed by atoms with van der Waals surface area (Å²) in [6.07, 6.45) is 0.0750. The number of nitrogens with one attached hydrogen (secondary N) is 1. The summed E-state index contributed by atoms with van der Waals surface area (Å²) >= 11 is 1.23. The molecule has 0 aliphatic heterocycles. The van der Waals surface area contributed by atoms with E-state index in [1.54, 1.807) is 36.4 Å². The third kappa shape index (κ3) is 4.39. The van der Waals surface area contributed by atoms with Crippen molar-refractivity contribution in [1.29, 1.82) is 0 Å². The number of hydrogen-bond donors (Lipinski definition) is 1. The molecule has 5 nitrogen and oxygen atoms in total. The summed E-state index contributed by atoms with van der Waals surface area (Å²) in [6.45, 7) is 3.88. The number of nitrogens with zero attached hydrogens (tertiary/aromatic N) is 2. The predicted molar refractivity (Wildman–Crippen MR) is 95.5 cm³/mol. The molecular weight excluding hydrogens is 341 g/mol. The van der Waals surface area contributed by atoms with Crippen molar-refractivity contribution >= 4 is 22.4 Å². The molecule has 0 saturated heterocycles. The number of aromatic nitrogens is 2. The average molecular weight is 357 g/mol. The van der Waals surface area contributed by atoms with Crippen molar-refractivity contribution in [3.8, 4) is 16.3 Å². The van der Waals surface area contributed by atoms with Crippen LogP contribution in [0.1, 0.15) is 24.2 Å².